The summed E-state index contributed by atoms with van der Waals surface area (Å²) in [5.74, 6) is 1.04. The molecular formula is C29H34N4O8S2. The number of carbonyl (C=O) groups is 2. The molecular weight excluding hydrogens is 596 g/mol. The molecule has 0 saturated heterocycles. The van der Waals surface area contributed by atoms with Gasteiger partial charge >= 0.3 is 6.03 Å². The summed E-state index contributed by atoms with van der Waals surface area (Å²) in [4.78, 5) is 27.9. The van der Waals surface area contributed by atoms with Crippen molar-refractivity contribution in [3.05, 3.63) is 59.5 Å². The van der Waals surface area contributed by atoms with Crippen molar-refractivity contribution in [2.45, 2.75) is 36.6 Å². The van der Waals surface area contributed by atoms with Crippen LogP contribution in [0.25, 0.3) is 0 Å². The van der Waals surface area contributed by atoms with Crippen LogP contribution < -0.4 is 24.8 Å². The van der Waals surface area contributed by atoms with Crippen LogP contribution in [0.5, 0.6) is 17.2 Å². The van der Waals surface area contributed by atoms with Gasteiger partial charge in [0.25, 0.3) is 10.0 Å². The normalized spacial score (nSPS) is 19.1. The minimum Gasteiger partial charge on any atom is -0.488 e. The molecule has 2 aliphatic rings. The molecule has 0 aliphatic carbocycles. The average Bonchev–Trinajstić information content (AvgIpc) is 3.69. The number of hydrogen-bond donors (Lipinski definition) is 3. The number of aliphatic hydroxyl groups is 1. The maximum atomic E-state index is 13.5. The molecule has 3 heterocycles. The Hall–Kier alpha value is -3.85. The van der Waals surface area contributed by atoms with Crippen molar-refractivity contribution in [1.29, 1.82) is 0 Å². The number of thiophene rings is 1. The van der Waals surface area contributed by atoms with Gasteiger partial charge in [-0.25, -0.2) is 13.2 Å². The Labute approximate surface area is 254 Å². The average molecular weight is 631 g/mol. The van der Waals surface area contributed by atoms with E-state index in [1.54, 1.807) is 65.7 Å². The lowest BCUT2D eigenvalue weighted by Gasteiger charge is -2.33. The first-order valence-electron chi connectivity index (χ1n) is 13.7. The van der Waals surface area contributed by atoms with E-state index >= 15 is 0 Å². The van der Waals surface area contributed by atoms with Gasteiger partial charge in [0.1, 0.15) is 16.1 Å². The highest BCUT2D eigenvalue weighted by Gasteiger charge is 2.33. The second-order valence-electron chi connectivity index (χ2n) is 10.6. The number of fused-ring (bicyclic) bond motifs is 2. The number of likely N-dealkylation sites (N-methyl/N-ethyl adjacent to an activating group) is 1. The Morgan fingerprint density at radius 2 is 1.81 bits per heavy atom. The van der Waals surface area contributed by atoms with Gasteiger partial charge in [0.05, 0.1) is 25.6 Å². The second kappa shape index (κ2) is 12.8. The lowest BCUT2D eigenvalue weighted by atomic mass is 10.0. The molecule has 5 rings (SSSR count). The Kier molecular flexibility index (Phi) is 9.11. The molecule has 43 heavy (non-hydrogen) atoms. The molecule has 3 N–H and O–H groups in total. The van der Waals surface area contributed by atoms with Crippen LogP contribution in [-0.4, -0.2) is 80.4 Å². The van der Waals surface area contributed by atoms with Crippen LogP contribution in [0, 0.1) is 5.92 Å². The monoisotopic (exact) mass is 630 g/mol. The zero-order chi connectivity index (χ0) is 30.7. The summed E-state index contributed by atoms with van der Waals surface area (Å²) in [5.41, 5.74) is 1.45. The highest BCUT2D eigenvalue weighted by molar-refractivity contribution is 7.91. The summed E-state index contributed by atoms with van der Waals surface area (Å²) in [7, 11) is -2.24. The molecule has 0 radical (unpaired) electrons. The number of sulfonamides is 1. The van der Waals surface area contributed by atoms with E-state index in [1.165, 1.54) is 11.4 Å². The number of carbonyl (C=O) groups excluding carboxylic acids is 2. The van der Waals surface area contributed by atoms with Crippen molar-refractivity contribution >= 4 is 44.7 Å². The van der Waals surface area contributed by atoms with E-state index in [4.69, 9.17) is 14.2 Å². The standard InChI is InChI=1S/C29H34N4O8S2/c1-18-14-33(19(2)16-34)27(35)12-20-11-21(30-29(36)31-22-7-9-24-25(13-22)40-17-39-24)6-8-23(20)41-26(18)15-32(3)43(37,38)28-5-4-10-42-28/h4-11,13,18-19,26,34H,12,14-17H2,1-3H3,(H2,30,31,36)/t18-,19-,26+/m0/s1. The number of aliphatic hydroxyl groups excluding tert-OH is 1. The maximum Gasteiger partial charge on any atom is 0.323 e. The van der Waals surface area contributed by atoms with Crippen LogP contribution in [0.15, 0.2) is 58.1 Å². The van der Waals surface area contributed by atoms with Crippen LogP contribution in [0.2, 0.25) is 0 Å². The van der Waals surface area contributed by atoms with Gasteiger partial charge in [-0.15, -0.1) is 11.3 Å². The van der Waals surface area contributed by atoms with Gasteiger partial charge < -0.3 is 34.9 Å². The summed E-state index contributed by atoms with van der Waals surface area (Å²) in [6.07, 6.45) is -0.659. The third-order valence-corrected chi connectivity index (χ3v) is 10.6. The van der Waals surface area contributed by atoms with E-state index in [1.807, 2.05) is 6.92 Å². The Morgan fingerprint density at radius 1 is 1.12 bits per heavy atom. The number of rotatable bonds is 8. The lowest BCUT2D eigenvalue weighted by molar-refractivity contribution is -0.134. The molecule has 2 aliphatic heterocycles. The van der Waals surface area contributed by atoms with Crippen molar-refractivity contribution < 1.29 is 37.3 Å². The molecule has 12 nitrogen and oxygen atoms in total. The Bertz CT molecular complexity index is 1580. The number of urea groups is 1. The summed E-state index contributed by atoms with van der Waals surface area (Å²) < 4.78 is 44.9. The van der Waals surface area contributed by atoms with Gasteiger partial charge in [-0.1, -0.05) is 13.0 Å². The first-order valence-corrected chi connectivity index (χ1v) is 16.0. The smallest absolute Gasteiger partial charge is 0.323 e. The van der Waals surface area contributed by atoms with Crippen molar-refractivity contribution in [3.8, 4) is 17.2 Å². The predicted molar refractivity (Wildman–Crippen MR) is 161 cm³/mol. The molecule has 0 fully saturated rings. The van der Waals surface area contributed by atoms with Crippen LogP contribution >= 0.6 is 11.3 Å². The van der Waals surface area contributed by atoms with E-state index in [0.717, 1.165) is 11.3 Å². The molecule has 230 valence electrons. The van der Waals surface area contributed by atoms with Crippen molar-refractivity contribution in [2.75, 3.05) is 44.2 Å². The van der Waals surface area contributed by atoms with Gasteiger partial charge in [-0.05, 0) is 48.7 Å². The minimum atomic E-state index is -3.74. The van der Waals surface area contributed by atoms with Gasteiger partial charge in [0, 0.05) is 42.5 Å². The minimum absolute atomic E-state index is 0.0360. The zero-order valence-electron chi connectivity index (χ0n) is 24.0. The highest BCUT2D eigenvalue weighted by atomic mass is 32.2. The third kappa shape index (κ3) is 6.88. The highest BCUT2D eigenvalue weighted by Crippen LogP contribution is 2.34. The third-order valence-electron chi connectivity index (χ3n) is 7.40. The van der Waals surface area contributed by atoms with Crippen LogP contribution in [0.3, 0.4) is 0 Å². The second-order valence-corrected chi connectivity index (χ2v) is 13.8. The van der Waals surface area contributed by atoms with Gasteiger partial charge in [0.15, 0.2) is 11.5 Å². The largest absolute Gasteiger partial charge is 0.488 e. The number of nitrogens with one attached hydrogen (secondary N) is 2. The Morgan fingerprint density at radius 3 is 2.51 bits per heavy atom. The van der Waals surface area contributed by atoms with Crippen molar-refractivity contribution in [3.63, 3.8) is 0 Å². The summed E-state index contributed by atoms with van der Waals surface area (Å²) in [6, 6.07) is 12.3. The molecule has 3 amide bonds. The number of amides is 3. The van der Waals surface area contributed by atoms with Crippen LogP contribution in [0.1, 0.15) is 19.4 Å². The number of anilines is 2. The fourth-order valence-corrected chi connectivity index (χ4v) is 7.29. The number of ether oxygens (including phenoxy) is 3. The van der Waals surface area contributed by atoms with E-state index in [-0.39, 0.29) is 48.9 Å². The van der Waals surface area contributed by atoms with E-state index in [9.17, 15) is 23.1 Å². The number of benzene rings is 2. The van der Waals surface area contributed by atoms with E-state index in [0.29, 0.717) is 34.2 Å². The molecule has 2 aromatic carbocycles. The van der Waals surface area contributed by atoms with Crippen LogP contribution in [0.4, 0.5) is 16.2 Å². The number of hydrogen-bond acceptors (Lipinski definition) is 9. The SMILES string of the molecule is C[C@H]1CN([C@@H](C)CO)C(=O)Cc2cc(NC(=O)Nc3ccc4c(c3)OCO4)ccc2O[C@@H]1CN(C)S(=O)(=O)c1cccs1. The predicted octanol–water partition coefficient (Wildman–Crippen LogP) is 3.59. The van der Waals surface area contributed by atoms with Crippen molar-refractivity contribution in [1.82, 2.24) is 9.21 Å². The maximum absolute atomic E-state index is 13.5. The molecule has 0 saturated carbocycles. The Balaban J connectivity index is 1.38. The quantitative estimate of drug-likeness (QED) is 0.342. The summed E-state index contributed by atoms with van der Waals surface area (Å²) in [6.45, 7) is 3.83. The van der Waals surface area contributed by atoms with Crippen LogP contribution in [-0.2, 0) is 21.2 Å². The van der Waals surface area contributed by atoms with Gasteiger partial charge in [-0.3, -0.25) is 4.79 Å². The first-order chi connectivity index (χ1) is 20.5. The fraction of sp³-hybridized carbons (Fsp3) is 0.379. The van der Waals surface area contributed by atoms with Crippen molar-refractivity contribution in [2.24, 2.45) is 5.92 Å². The molecule has 1 aromatic heterocycles. The van der Waals surface area contributed by atoms with E-state index < -0.39 is 28.2 Å². The zero-order valence-corrected chi connectivity index (χ0v) is 25.6. The molecule has 14 heteroatoms. The molecule has 0 unspecified atom stereocenters. The lowest BCUT2D eigenvalue weighted by Crippen LogP contribution is -2.48. The molecule has 3 aromatic rings. The van der Waals surface area contributed by atoms with Gasteiger partial charge in [-0.2, -0.15) is 4.31 Å². The number of nitrogens with zero attached hydrogens (tertiary/aromatic N) is 2. The summed E-state index contributed by atoms with van der Waals surface area (Å²) >= 11 is 1.14. The summed E-state index contributed by atoms with van der Waals surface area (Å²) in [5, 5.41) is 17.1. The van der Waals surface area contributed by atoms with E-state index in [2.05, 4.69) is 10.6 Å². The fourth-order valence-electron chi connectivity index (χ4n) is 4.91. The first kappa shape index (κ1) is 30.6. The topological polar surface area (TPSA) is 147 Å². The molecule has 3 atom stereocenters. The molecule has 0 bridgehead atoms. The van der Waals surface area contributed by atoms with Gasteiger partial charge in [0.2, 0.25) is 12.7 Å². The molecule has 0 spiro atoms.